The van der Waals surface area contributed by atoms with Crippen molar-refractivity contribution in [2.45, 2.75) is 19.3 Å². The summed E-state index contributed by atoms with van der Waals surface area (Å²) < 4.78 is 0. The van der Waals surface area contributed by atoms with Crippen LogP contribution < -0.4 is 0 Å². The van der Waals surface area contributed by atoms with Gasteiger partial charge in [-0.1, -0.05) is 0 Å². The average Bonchev–Trinajstić information content (AvgIpc) is 2.44. The Bertz CT molecular complexity index is 205. The second-order valence-corrected chi connectivity index (χ2v) is 3.07. The van der Waals surface area contributed by atoms with Crippen LogP contribution in [0.1, 0.15) is 19.3 Å². The lowest BCUT2D eigenvalue weighted by molar-refractivity contribution is -0.133. The van der Waals surface area contributed by atoms with E-state index in [0.717, 1.165) is 19.3 Å². The van der Waals surface area contributed by atoms with Gasteiger partial charge in [0.15, 0.2) is 0 Å². The van der Waals surface area contributed by atoms with Crippen molar-refractivity contribution in [1.29, 1.82) is 0 Å². The van der Waals surface area contributed by atoms with Gasteiger partial charge in [-0.2, -0.15) is 0 Å². The highest BCUT2D eigenvalue weighted by Gasteiger charge is 2.36. The SMILES string of the molecule is O=C(O)C1=[C]C2CCC1C2. The van der Waals surface area contributed by atoms with Gasteiger partial charge >= 0.3 is 5.97 Å². The number of fused-ring (bicyclic) bond motifs is 2. The zero-order valence-electron chi connectivity index (χ0n) is 5.63. The number of rotatable bonds is 1. The monoisotopic (exact) mass is 137 g/mol. The van der Waals surface area contributed by atoms with Crippen LogP contribution in [0.4, 0.5) is 0 Å². The van der Waals surface area contributed by atoms with Crippen molar-refractivity contribution in [2.75, 3.05) is 0 Å². The highest BCUT2D eigenvalue weighted by molar-refractivity contribution is 5.87. The van der Waals surface area contributed by atoms with Crippen molar-refractivity contribution in [3.63, 3.8) is 0 Å². The van der Waals surface area contributed by atoms with E-state index in [1.807, 2.05) is 0 Å². The van der Waals surface area contributed by atoms with E-state index < -0.39 is 5.97 Å². The molecule has 2 aliphatic rings. The predicted molar refractivity (Wildman–Crippen MR) is 35.2 cm³/mol. The van der Waals surface area contributed by atoms with Gasteiger partial charge in [-0.05, 0) is 37.2 Å². The van der Waals surface area contributed by atoms with E-state index in [4.69, 9.17) is 5.11 Å². The van der Waals surface area contributed by atoms with Crippen LogP contribution in [-0.4, -0.2) is 11.1 Å². The smallest absolute Gasteiger partial charge is 0.332 e. The van der Waals surface area contributed by atoms with Crippen LogP contribution >= 0.6 is 0 Å². The predicted octanol–water partition coefficient (Wildman–Crippen LogP) is 1.23. The lowest BCUT2D eigenvalue weighted by Gasteiger charge is -2.06. The van der Waals surface area contributed by atoms with Crippen molar-refractivity contribution in [3.8, 4) is 0 Å². The van der Waals surface area contributed by atoms with E-state index in [0.29, 0.717) is 17.4 Å². The van der Waals surface area contributed by atoms with Crippen LogP contribution in [0.3, 0.4) is 0 Å². The standard InChI is InChI=1S/C8H9O2/c9-8(10)7-4-5-1-2-6(7)3-5/h5-6H,1-3H2,(H,9,10). The molecule has 0 aromatic heterocycles. The van der Waals surface area contributed by atoms with Crippen molar-refractivity contribution in [3.05, 3.63) is 11.6 Å². The molecule has 1 fully saturated rings. The van der Waals surface area contributed by atoms with Gasteiger partial charge in [0, 0.05) is 5.57 Å². The minimum Gasteiger partial charge on any atom is -0.478 e. The molecular weight excluding hydrogens is 128 g/mol. The lowest BCUT2D eigenvalue weighted by Crippen LogP contribution is -2.08. The Labute approximate surface area is 59.5 Å². The fourth-order valence-corrected chi connectivity index (χ4v) is 1.95. The molecule has 2 bridgehead atoms. The van der Waals surface area contributed by atoms with Crippen LogP contribution in [0.15, 0.2) is 5.57 Å². The first-order valence-corrected chi connectivity index (χ1v) is 3.64. The van der Waals surface area contributed by atoms with Gasteiger partial charge in [0.05, 0.1) is 0 Å². The van der Waals surface area contributed by atoms with E-state index >= 15 is 0 Å². The maximum Gasteiger partial charge on any atom is 0.332 e. The number of aliphatic carboxylic acids is 1. The van der Waals surface area contributed by atoms with Crippen LogP contribution in [0.25, 0.3) is 0 Å². The van der Waals surface area contributed by atoms with E-state index in [1.165, 1.54) is 0 Å². The molecule has 53 valence electrons. The first-order valence-electron chi connectivity index (χ1n) is 3.64. The summed E-state index contributed by atoms with van der Waals surface area (Å²) in [7, 11) is 0. The van der Waals surface area contributed by atoms with Gasteiger partial charge in [-0.15, -0.1) is 0 Å². The maximum absolute atomic E-state index is 10.5. The molecule has 0 spiro atoms. The van der Waals surface area contributed by atoms with Crippen molar-refractivity contribution in [1.82, 2.24) is 0 Å². The van der Waals surface area contributed by atoms with Gasteiger partial charge in [0.1, 0.15) is 0 Å². The fraction of sp³-hybridized carbons (Fsp3) is 0.625. The second-order valence-electron chi connectivity index (χ2n) is 3.07. The van der Waals surface area contributed by atoms with Crippen LogP contribution in [0, 0.1) is 17.9 Å². The number of carboxylic acid groups (broad SMARTS) is 1. The molecule has 0 aliphatic heterocycles. The third kappa shape index (κ3) is 0.681. The molecule has 0 amide bonds. The number of hydrogen-bond donors (Lipinski definition) is 1. The minimum absolute atomic E-state index is 0.336. The minimum atomic E-state index is -0.757. The molecule has 2 nitrogen and oxygen atoms in total. The van der Waals surface area contributed by atoms with Gasteiger partial charge in [-0.25, -0.2) is 4.79 Å². The first-order chi connectivity index (χ1) is 4.77. The maximum atomic E-state index is 10.5. The molecule has 1 saturated carbocycles. The molecule has 2 heteroatoms. The summed E-state index contributed by atoms with van der Waals surface area (Å²) in [4.78, 5) is 10.5. The number of allylic oxidation sites excluding steroid dienone is 1. The number of carboxylic acids is 1. The summed E-state index contributed by atoms with van der Waals surface area (Å²) in [5.41, 5.74) is 0.552. The molecule has 2 aliphatic carbocycles. The fourth-order valence-electron chi connectivity index (χ4n) is 1.95. The van der Waals surface area contributed by atoms with Gasteiger partial charge in [0.25, 0.3) is 0 Å². The Kier molecular flexibility index (Phi) is 1.10. The third-order valence-electron chi connectivity index (χ3n) is 2.43. The van der Waals surface area contributed by atoms with Gasteiger partial charge < -0.3 is 5.11 Å². The Morgan fingerprint density at radius 1 is 1.60 bits per heavy atom. The second kappa shape index (κ2) is 1.84. The normalized spacial score (nSPS) is 36.2. The molecule has 1 N–H and O–H groups in total. The summed E-state index contributed by atoms with van der Waals surface area (Å²) in [5.74, 6) is 0.0470. The molecule has 10 heavy (non-hydrogen) atoms. The molecule has 2 atom stereocenters. The number of hydrogen-bond acceptors (Lipinski definition) is 1. The Morgan fingerprint density at radius 2 is 2.40 bits per heavy atom. The molecule has 2 unspecified atom stereocenters. The van der Waals surface area contributed by atoms with Crippen molar-refractivity contribution >= 4 is 5.97 Å². The third-order valence-corrected chi connectivity index (χ3v) is 2.43. The molecule has 2 rings (SSSR count). The van der Waals surface area contributed by atoms with Gasteiger partial charge in [-0.3, -0.25) is 0 Å². The highest BCUT2D eigenvalue weighted by atomic mass is 16.4. The zero-order chi connectivity index (χ0) is 7.14. The lowest BCUT2D eigenvalue weighted by atomic mass is 9.99. The molecular formula is C8H9O2. The molecule has 0 saturated heterocycles. The van der Waals surface area contributed by atoms with Crippen molar-refractivity contribution < 1.29 is 9.90 Å². The average molecular weight is 137 g/mol. The van der Waals surface area contributed by atoms with Gasteiger partial charge in [0.2, 0.25) is 0 Å². The summed E-state index contributed by atoms with van der Waals surface area (Å²) in [6.07, 6.45) is 6.27. The van der Waals surface area contributed by atoms with E-state index in [-0.39, 0.29) is 0 Å². The Morgan fingerprint density at radius 3 is 2.70 bits per heavy atom. The summed E-state index contributed by atoms with van der Waals surface area (Å²) in [6, 6.07) is 0. The van der Waals surface area contributed by atoms with E-state index in [2.05, 4.69) is 6.08 Å². The first kappa shape index (κ1) is 5.96. The van der Waals surface area contributed by atoms with Crippen molar-refractivity contribution in [2.24, 2.45) is 11.8 Å². The Balaban J connectivity index is 2.25. The largest absolute Gasteiger partial charge is 0.478 e. The summed E-state index contributed by atoms with van der Waals surface area (Å²) in [5, 5.41) is 8.64. The topological polar surface area (TPSA) is 37.3 Å². The van der Waals surface area contributed by atoms with Crippen LogP contribution in [-0.2, 0) is 4.79 Å². The summed E-state index contributed by atoms with van der Waals surface area (Å²) in [6.45, 7) is 0. The molecule has 0 aromatic rings. The quantitative estimate of drug-likeness (QED) is 0.590. The van der Waals surface area contributed by atoms with Crippen LogP contribution in [0.5, 0.6) is 0 Å². The number of carbonyl (C=O) groups is 1. The van der Waals surface area contributed by atoms with Crippen LogP contribution in [0.2, 0.25) is 0 Å². The van der Waals surface area contributed by atoms with E-state index in [9.17, 15) is 4.79 Å². The molecule has 0 aromatic carbocycles. The Hall–Kier alpha value is -0.790. The molecule has 0 heterocycles. The zero-order valence-corrected chi connectivity index (χ0v) is 5.63. The molecule has 1 radical (unpaired) electrons. The summed E-state index contributed by atoms with van der Waals surface area (Å²) >= 11 is 0. The van der Waals surface area contributed by atoms with E-state index in [1.54, 1.807) is 0 Å². The highest BCUT2D eigenvalue weighted by Crippen LogP contribution is 2.42.